The number of rotatable bonds is 18. The van der Waals surface area contributed by atoms with E-state index in [9.17, 15) is 44.4 Å². The number of carboxylic acids is 2. The van der Waals surface area contributed by atoms with Gasteiger partial charge in [-0.2, -0.15) is 0 Å². The van der Waals surface area contributed by atoms with Crippen LogP contribution in [0.4, 0.5) is 0 Å². The van der Waals surface area contributed by atoms with Crippen molar-refractivity contribution < 1.29 is 58.6 Å². The second-order valence-electron chi connectivity index (χ2n) is 18.5. The van der Waals surface area contributed by atoms with Gasteiger partial charge in [-0.3, -0.25) is 14.4 Å². The minimum absolute atomic E-state index is 0.0912. The highest BCUT2D eigenvalue weighted by Crippen LogP contribution is 2.67. The quantitative estimate of drug-likeness (QED) is 0.0421. The van der Waals surface area contributed by atoms with Crippen LogP contribution in [0.1, 0.15) is 128 Å². The number of carbonyl (C=O) groups excluding carboxylic acids is 4. The molecule has 3 N–H and O–H groups in total. The summed E-state index contributed by atoms with van der Waals surface area (Å²) < 4.78 is 17.2. The van der Waals surface area contributed by atoms with E-state index in [0.717, 1.165) is 22.3 Å². The second kappa shape index (κ2) is 19.9. The highest BCUT2D eigenvalue weighted by atomic mass is 16.6. The molecule has 1 aliphatic heterocycles. The number of carboxylic acid groups (broad SMARTS) is 2. The number of Topliss-reactive ketones (excluding diaryl/α,β-unsaturated/α-hetero) is 1. The number of epoxide rings is 1. The summed E-state index contributed by atoms with van der Waals surface area (Å²) in [5, 5.41) is 41.9. The summed E-state index contributed by atoms with van der Waals surface area (Å²) in [6.07, 6.45) is 19.9. The van der Waals surface area contributed by atoms with E-state index in [2.05, 4.69) is 5.73 Å². The molecule has 1 heterocycles. The Labute approximate surface area is 360 Å². The Hall–Kier alpha value is -4.87. The fraction of sp³-hybridized carbons (Fsp3) is 0.551. The molecule has 0 aromatic rings. The molecule has 2 aliphatic carbocycles. The van der Waals surface area contributed by atoms with Crippen molar-refractivity contribution in [1.29, 1.82) is 0 Å². The minimum atomic E-state index is -2.85. The molecule has 2 saturated carbocycles. The lowest BCUT2D eigenvalue weighted by atomic mass is 9.61. The first-order chi connectivity index (χ1) is 28.1. The van der Waals surface area contributed by atoms with E-state index in [1.165, 1.54) is 6.92 Å². The maximum atomic E-state index is 13.4. The first-order valence-electron chi connectivity index (χ1n) is 20.8. The first kappa shape index (κ1) is 50.5. The summed E-state index contributed by atoms with van der Waals surface area (Å²) in [5.74, 6) is -5.17. The van der Waals surface area contributed by atoms with Gasteiger partial charge in [-0.1, -0.05) is 107 Å². The highest BCUT2D eigenvalue weighted by Gasteiger charge is 2.76. The molecule has 5 unspecified atom stereocenters. The Morgan fingerprint density at radius 1 is 0.803 bits per heavy atom. The third-order valence-corrected chi connectivity index (χ3v) is 12.1. The Morgan fingerprint density at radius 2 is 1.36 bits per heavy atom. The number of aliphatic carboxylic acids is 2. The van der Waals surface area contributed by atoms with Crippen molar-refractivity contribution in [2.45, 2.75) is 162 Å². The third-order valence-electron chi connectivity index (χ3n) is 12.1. The van der Waals surface area contributed by atoms with Crippen molar-refractivity contribution in [3.63, 3.8) is 0 Å². The maximum Gasteiger partial charge on any atom is 0.336 e. The molecule has 12 heteroatoms. The normalized spacial score (nSPS) is 28.8. The molecule has 1 saturated heterocycles. The van der Waals surface area contributed by atoms with Gasteiger partial charge in [0, 0.05) is 49.6 Å². The van der Waals surface area contributed by atoms with E-state index in [4.69, 9.17) is 14.2 Å². The number of esters is 2. The molecule has 0 spiro atoms. The maximum absolute atomic E-state index is 13.4. The van der Waals surface area contributed by atoms with Crippen molar-refractivity contribution in [3.8, 4) is 0 Å². The van der Waals surface area contributed by atoms with E-state index < -0.39 is 70.1 Å². The number of aliphatic hydroxyl groups is 2. The number of allylic oxidation sites excluding steroid dienone is 14. The van der Waals surface area contributed by atoms with Crippen LogP contribution in [0.15, 0.2) is 100 Å². The number of ketones is 1. The molecule has 0 amide bonds. The van der Waals surface area contributed by atoms with E-state index in [1.54, 1.807) is 13.0 Å². The number of hydrogen-bond acceptors (Lipinski definition) is 11. The zero-order chi connectivity index (χ0) is 46.2. The van der Waals surface area contributed by atoms with Crippen LogP contribution < -0.4 is 5.11 Å². The van der Waals surface area contributed by atoms with Crippen LogP contribution in [0.25, 0.3) is 0 Å². The van der Waals surface area contributed by atoms with Gasteiger partial charge in [0.2, 0.25) is 0 Å². The lowest BCUT2D eigenvalue weighted by Crippen LogP contribution is -2.50. The first-order valence-corrected chi connectivity index (χ1v) is 20.8. The van der Waals surface area contributed by atoms with Crippen molar-refractivity contribution in [3.05, 3.63) is 100 Å². The van der Waals surface area contributed by atoms with Crippen LogP contribution in [0.5, 0.6) is 0 Å². The van der Waals surface area contributed by atoms with Gasteiger partial charge in [-0.15, -0.1) is 5.73 Å². The monoisotopic (exact) mass is 845 g/mol. The molecule has 0 aromatic carbocycles. The molecule has 334 valence electrons. The molecular formula is C49H65O12-. The third kappa shape index (κ3) is 13.1. The molecule has 0 radical (unpaired) electrons. The Balaban J connectivity index is 1.56. The summed E-state index contributed by atoms with van der Waals surface area (Å²) in [7, 11) is 0. The van der Waals surface area contributed by atoms with Crippen molar-refractivity contribution >= 4 is 29.7 Å². The molecule has 3 rings (SSSR count). The number of hydrogen-bond donors (Lipinski definition) is 3. The molecule has 3 aliphatic rings. The Bertz CT molecular complexity index is 2010. The van der Waals surface area contributed by atoms with E-state index in [0.29, 0.717) is 31.3 Å². The number of carbonyl (C=O) groups is 5. The summed E-state index contributed by atoms with van der Waals surface area (Å²) in [6.45, 7) is 20.8. The average molecular weight is 846 g/mol. The number of fused-ring (bicyclic) bond motifs is 1. The van der Waals surface area contributed by atoms with E-state index in [1.807, 2.05) is 123 Å². The van der Waals surface area contributed by atoms with Crippen molar-refractivity contribution in [2.24, 2.45) is 10.8 Å². The van der Waals surface area contributed by atoms with Crippen molar-refractivity contribution in [2.75, 3.05) is 0 Å². The summed E-state index contributed by atoms with van der Waals surface area (Å²) in [4.78, 5) is 60.0. The second-order valence-corrected chi connectivity index (χ2v) is 18.5. The van der Waals surface area contributed by atoms with Crippen molar-refractivity contribution in [1.82, 2.24) is 0 Å². The summed E-state index contributed by atoms with van der Waals surface area (Å²) >= 11 is 0. The van der Waals surface area contributed by atoms with Gasteiger partial charge < -0.3 is 39.4 Å². The highest BCUT2D eigenvalue weighted by molar-refractivity contribution is 5.96. The summed E-state index contributed by atoms with van der Waals surface area (Å²) in [5.41, 5.74) is 1.15. The largest absolute Gasteiger partial charge is 0.550 e. The lowest BCUT2D eigenvalue weighted by Gasteiger charge is -2.46. The van der Waals surface area contributed by atoms with E-state index >= 15 is 0 Å². The van der Waals surface area contributed by atoms with Gasteiger partial charge in [0.05, 0.1) is 17.6 Å². The minimum Gasteiger partial charge on any atom is -0.550 e. The average Bonchev–Trinajstić information content (AvgIpc) is 3.73. The molecule has 3 fully saturated rings. The molecule has 0 aromatic heterocycles. The molecular weight excluding hydrogens is 781 g/mol. The lowest BCUT2D eigenvalue weighted by molar-refractivity contribution is -0.309. The summed E-state index contributed by atoms with van der Waals surface area (Å²) in [6, 6.07) is 0. The number of ether oxygens (including phenoxy) is 3. The zero-order valence-corrected chi connectivity index (χ0v) is 37.7. The standard InChI is InChI=1S/C49H66O12/c1-12-47(57)28-37(59-36(6)50)25-44(7,8)40(47)24-23-34(4)20-15-19-32(2)17-13-14-18-33(3)21-16-22-35(5)39(51)29-49-45(9,10)26-38(27-46(49,11)61-49)60-42(54)31-48(58,43(55)56)30-41(52)53/h13-23,37-38,57-58H,12,25-31H2,1-11H3,(H,52,53)(H,55,56)/p-1/b14-13+,19-15+,21-16+,32-17+,33-18+,34-20+,35-22+/t24?,37?,38?,46?,47-,48?,49?/m1/s1. The molecule has 61 heavy (non-hydrogen) atoms. The Kier molecular flexibility index (Phi) is 16.5. The molecule has 0 bridgehead atoms. The fourth-order valence-electron chi connectivity index (χ4n) is 8.86. The Morgan fingerprint density at radius 3 is 1.89 bits per heavy atom. The van der Waals surface area contributed by atoms with Crippen LogP contribution in [0.3, 0.4) is 0 Å². The molecule has 6 atom stereocenters. The smallest absolute Gasteiger partial charge is 0.336 e. The van der Waals surface area contributed by atoms with Crippen LogP contribution in [0.2, 0.25) is 0 Å². The van der Waals surface area contributed by atoms with Gasteiger partial charge in [0.15, 0.2) is 11.4 Å². The van der Waals surface area contributed by atoms with Crippen LogP contribution in [-0.2, 0) is 38.2 Å². The predicted molar refractivity (Wildman–Crippen MR) is 229 cm³/mol. The topological polar surface area (TPSA) is 200 Å². The fourth-order valence-corrected chi connectivity index (χ4v) is 8.86. The van der Waals surface area contributed by atoms with Gasteiger partial charge in [0.25, 0.3) is 0 Å². The predicted octanol–water partition coefficient (Wildman–Crippen LogP) is 6.98. The van der Waals surface area contributed by atoms with Crippen LogP contribution >= 0.6 is 0 Å². The molecule has 12 nitrogen and oxygen atoms in total. The van der Waals surface area contributed by atoms with Crippen LogP contribution in [-0.4, -0.2) is 79.6 Å². The van der Waals surface area contributed by atoms with Gasteiger partial charge in [-0.25, -0.2) is 4.79 Å². The van der Waals surface area contributed by atoms with E-state index in [-0.39, 0.29) is 30.7 Å². The zero-order valence-electron chi connectivity index (χ0n) is 37.7. The SMILES string of the molecule is CC[C@@]1(O)CC(OC(C)=O)CC(C)(C)C1=C=C/C(C)=C/C=C/C(C)=C/C=C/C=C(C)/C=C/C=C(\C)C(=O)CC12OC1(C)CC(OC(=O)CC(O)(CC(=O)[O-])C(=O)O)CC2(C)C. The van der Waals surface area contributed by atoms with Gasteiger partial charge in [0.1, 0.15) is 17.8 Å². The van der Waals surface area contributed by atoms with Crippen LogP contribution in [0, 0.1) is 10.8 Å². The van der Waals surface area contributed by atoms with Gasteiger partial charge >= 0.3 is 17.9 Å². The van der Waals surface area contributed by atoms with Gasteiger partial charge in [-0.05, 0) is 76.5 Å².